The molecule has 0 saturated carbocycles. The molecule has 0 radical (unpaired) electrons. The maximum Gasteiger partial charge on any atom is 0.248 e. The zero-order valence-corrected chi connectivity index (χ0v) is 11.8. The van der Waals surface area contributed by atoms with Crippen molar-refractivity contribution in [3.8, 4) is 0 Å². The number of hydrogen-bond acceptors (Lipinski definition) is 5. The third-order valence-electron chi connectivity index (χ3n) is 3.07. The third kappa shape index (κ3) is 6.87. The van der Waals surface area contributed by atoms with Gasteiger partial charge >= 0.3 is 0 Å². The normalized spacial score (nSPS) is 16.8. The van der Waals surface area contributed by atoms with Crippen molar-refractivity contribution >= 4 is 5.91 Å². The molecular formula is C13H26N2O4. The Hall–Kier alpha value is -0.690. The molecule has 1 fully saturated rings. The highest BCUT2D eigenvalue weighted by atomic mass is 16.5. The number of nitrogens with two attached hydrogens (primary N) is 1. The SMILES string of the molecule is CCOCCOC1CCN(C(=O)COCCN)CC1. The number of nitrogens with zero attached hydrogens (tertiary/aromatic N) is 1. The molecule has 1 aliphatic heterocycles. The van der Waals surface area contributed by atoms with Crippen molar-refractivity contribution in [3.63, 3.8) is 0 Å². The van der Waals surface area contributed by atoms with E-state index in [-0.39, 0.29) is 18.6 Å². The average molecular weight is 274 g/mol. The van der Waals surface area contributed by atoms with E-state index in [2.05, 4.69) is 0 Å². The molecule has 0 unspecified atom stereocenters. The van der Waals surface area contributed by atoms with Crippen LogP contribution in [0, 0.1) is 0 Å². The number of piperidine rings is 1. The summed E-state index contributed by atoms with van der Waals surface area (Å²) in [5.74, 6) is 0.0428. The molecule has 1 heterocycles. The molecule has 0 atom stereocenters. The molecule has 6 heteroatoms. The quantitative estimate of drug-likeness (QED) is 0.599. The molecule has 112 valence electrons. The third-order valence-corrected chi connectivity index (χ3v) is 3.07. The Labute approximate surface area is 115 Å². The lowest BCUT2D eigenvalue weighted by Crippen LogP contribution is -2.42. The fourth-order valence-corrected chi connectivity index (χ4v) is 2.02. The van der Waals surface area contributed by atoms with Crippen LogP contribution in [0.15, 0.2) is 0 Å². The molecule has 1 saturated heterocycles. The highest BCUT2D eigenvalue weighted by Crippen LogP contribution is 2.13. The second-order valence-electron chi connectivity index (χ2n) is 4.49. The second kappa shape index (κ2) is 10.1. The first-order valence-corrected chi connectivity index (χ1v) is 7.02. The van der Waals surface area contributed by atoms with Crippen LogP contribution in [0.3, 0.4) is 0 Å². The van der Waals surface area contributed by atoms with Crippen LogP contribution < -0.4 is 5.73 Å². The van der Waals surface area contributed by atoms with Gasteiger partial charge in [0.25, 0.3) is 0 Å². The molecule has 1 amide bonds. The average Bonchev–Trinajstić information content (AvgIpc) is 2.44. The van der Waals surface area contributed by atoms with E-state index in [1.54, 1.807) is 0 Å². The number of hydrogen-bond donors (Lipinski definition) is 1. The maximum absolute atomic E-state index is 11.8. The van der Waals surface area contributed by atoms with Crippen molar-refractivity contribution < 1.29 is 19.0 Å². The Morgan fingerprint density at radius 3 is 2.58 bits per heavy atom. The smallest absolute Gasteiger partial charge is 0.248 e. The first kappa shape index (κ1) is 16.4. The van der Waals surface area contributed by atoms with Crippen LogP contribution in [-0.2, 0) is 19.0 Å². The second-order valence-corrected chi connectivity index (χ2v) is 4.49. The van der Waals surface area contributed by atoms with E-state index >= 15 is 0 Å². The van der Waals surface area contributed by atoms with Crippen LogP contribution in [0.5, 0.6) is 0 Å². The molecule has 2 N–H and O–H groups in total. The van der Waals surface area contributed by atoms with Crippen molar-refractivity contribution in [2.24, 2.45) is 5.73 Å². The van der Waals surface area contributed by atoms with Gasteiger partial charge in [0.2, 0.25) is 5.91 Å². The molecule has 19 heavy (non-hydrogen) atoms. The van der Waals surface area contributed by atoms with E-state index in [0.29, 0.717) is 26.4 Å². The minimum Gasteiger partial charge on any atom is -0.379 e. The number of rotatable bonds is 9. The summed E-state index contributed by atoms with van der Waals surface area (Å²) in [6.07, 6.45) is 2.01. The van der Waals surface area contributed by atoms with Crippen molar-refractivity contribution in [2.45, 2.75) is 25.9 Å². The Balaban J connectivity index is 2.09. The summed E-state index contributed by atoms with van der Waals surface area (Å²) in [5.41, 5.74) is 5.30. The largest absolute Gasteiger partial charge is 0.379 e. The molecular weight excluding hydrogens is 248 g/mol. The van der Waals surface area contributed by atoms with Crippen molar-refractivity contribution in [2.75, 3.05) is 52.7 Å². The maximum atomic E-state index is 11.8. The summed E-state index contributed by atoms with van der Waals surface area (Å²) in [6.45, 7) is 6.46. The van der Waals surface area contributed by atoms with Crippen LogP contribution >= 0.6 is 0 Å². The minimum atomic E-state index is 0.0428. The van der Waals surface area contributed by atoms with Gasteiger partial charge in [0.1, 0.15) is 6.61 Å². The molecule has 0 aromatic heterocycles. The van der Waals surface area contributed by atoms with E-state index in [1.165, 1.54) is 0 Å². The van der Waals surface area contributed by atoms with Gasteiger partial charge < -0.3 is 24.8 Å². The molecule has 0 aromatic rings. The highest BCUT2D eigenvalue weighted by Gasteiger charge is 2.22. The minimum absolute atomic E-state index is 0.0428. The summed E-state index contributed by atoms with van der Waals surface area (Å²) in [7, 11) is 0. The molecule has 0 spiro atoms. The van der Waals surface area contributed by atoms with Gasteiger partial charge in [-0.25, -0.2) is 0 Å². The zero-order valence-electron chi connectivity index (χ0n) is 11.8. The van der Waals surface area contributed by atoms with Crippen molar-refractivity contribution in [1.82, 2.24) is 4.90 Å². The Bertz CT molecular complexity index is 243. The summed E-state index contributed by atoms with van der Waals surface area (Å²) >= 11 is 0. The number of likely N-dealkylation sites (tertiary alicyclic amines) is 1. The Morgan fingerprint density at radius 1 is 1.21 bits per heavy atom. The van der Waals surface area contributed by atoms with Gasteiger partial charge in [0.15, 0.2) is 0 Å². The van der Waals surface area contributed by atoms with E-state index < -0.39 is 0 Å². The van der Waals surface area contributed by atoms with Crippen LogP contribution in [0.2, 0.25) is 0 Å². The first-order chi connectivity index (χ1) is 9.27. The van der Waals surface area contributed by atoms with E-state index in [1.807, 2.05) is 11.8 Å². The predicted molar refractivity (Wildman–Crippen MR) is 71.9 cm³/mol. The lowest BCUT2D eigenvalue weighted by molar-refractivity contribution is -0.138. The molecule has 6 nitrogen and oxygen atoms in total. The van der Waals surface area contributed by atoms with E-state index in [4.69, 9.17) is 19.9 Å². The zero-order chi connectivity index (χ0) is 13.9. The number of amides is 1. The van der Waals surface area contributed by atoms with Gasteiger partial charge in [-0.15, -0.1) is 0 Å². The molecule has 1 rings (SSSR count). The highest BCUT2D eigenvalue weighted by molar-refractivity contribution is 5.77. The predicted octanol–water partition coefficient (Wildman–Crippen LogP) is 0.00580. The molecule has 0 aliphatic carbocycles. The standard InChI is InChI=1S/C13H26N2O4/c1-2-17-9-10-19-12-3-6-15(7-4-12)13(16)11-18-8-5-14/h12H,2-11,14H2,1H3. The number of carbonyl (C=O) groups is 1. The topological polar surface area (TPSA) is 74.0 Å². The van der Waals surface area contributed by atoms with Crippen LogP contribution in [0.25, 0.3) is 0 Å². The van der Waals surface area contributed by atoms with Gasteiger partial charge in [0, 0.05) is 26.2 Å². The van der Waals surface area contributed by atoms with Crippen molar-refractivity contribution in [1.29, 1.82) is 0 Å². The van der Waals surface area contributed by atoms with Crippen molar-refractivity contribution in [3.05, 3.63) is 0 Å². The fourth-order valence-electron chi connectivity index (χ4n) is 2.02. The van der Waals surface area contributed by atoms with Gasteiger partial charge in [-0.1, -0.05) is 0 Å². The van der Waals surface area contributed by atoms with Gasteiger partial charge in [-0.2, -0.15) is 0 Å². The van der Waals surface area contributed by atoms with Gasteiger partial charge in [0.05, 0.1) is 25.9 Å². The van der Waals surface area contributed by atoms with Gasteiger partial charge in [-0.3, -0.25) is 4.79 Å². The Morgan fingerprint density at radius 2 is 1.95 bits per heavy atom. The summed E-state index contributed by atoms with van der Waals surface area (Å²) in [5, 5.41) is 0. The van der Waals surface area contributed by atoms with E-state index in [0.717, 1.165) is 32.5 Å². The molecule has 0 bridgehead atoms. The van der Waals surface area contributed by atoms with E-state index in [9.17, 15) is 4.79 Å². The van der Waals surface area contributed by atoms with Crippen LogP contribution in [0.1, 0.15) is 19.8 Å². The molecule has 1 aliphatic rings. The molecule has 0 aromatic carbocycles. The fraction of sp³-hybridized carbons (Fsp3) is 0.923. The lowest BCUT2D eigenvalue weighted by atomic mass is 10.1. The van der Waals surface area contributed by atoms with Gasteiger partial charge in [-0.05, 0) is 19.8 Å². The lowest BCUT2D eigenvalue weighted by Gasteiger charge is -2.31. The first-order valence-electron chi connectivity index (χ1n) is 7.02. The monoisotopic (exact) mass is 274 g/mol. The number of carbonyl (C=O) groups excluding carboxylic acids is 1. The summed E-state index contributed by atoms with van der Waals surface area (Å²) in [4.78, 5) is 13.6. The number of ether oxygens (including phenoxy) is 3. The van der Waals surface area contributed by atoms with Crippen LogP contribution in [-0.4, -0.2) is 69.6 Å². The van der Waals surface area contributed by atoms with Crippen LogP contribution in [0.4, 0.5) is 0 Å². The summed E-state index contributed by atoms with van der Waals surface area (Å²) < 4.78 is 16.1. The Kier molecular flexibility index (Phi) is 8.73. The summed E-state index contributed by atoms with van der Waals surface area (Å²) in [6, 6.07) is 0.